The molecule has 3 aromatic rings. The summed E-state index contributed by atoms with van der Waals surface area (Å²) in [5.74, 6) is 1.01. The highest BCUT2D eigenvalue weighted by molar-refractivity contribution is 6.03. The fourth-order valence-corrected chi connectivity index (χ4v) is 4.65. The Balaban J connectivity index is 1.72. The van der Waals surface area contributed by atoms with Crippen molar-refractivity contribution in [3.05, 3.63) is 23.8 Å². The van der Waals surface area contributed by atoms with Gasteiger partial charge in [-0.2, -0.15) is 5.26 Å². The van der Waals surface area contributed by atoms with Crippen LogP contribution in [0.4, 0.5) is 0 Å². The molecule has 0 aliphatic heterocycles. The van der Waals surface area contributed by atoms with E-state index in [0.29, 0.717) is 12.3 Å². The maximum absolute atomic E-state index is 12.7. The Bertz CT molecular complexity index is 1140. The number of pyridine rings is 1. The SMILES string of the molecule is Cc1c[nH]c2ncc3nc(CC(=O)NCC(C)(C)O)n([C@H]4CC[C@H](CC#N)CC4)c3c12. The minimum atomic E-state index is -0.965. The number of nitrogens with one attached hydrogen (secondary N) is 2. The van der Waals surface area contributed by atoms with Gasteiger partial charge < -0.3 is 20.0 Å². The lowest BCUT2D eigenvalue weighted by Crippen LogP contribution is -2.39. The van der Waals surface area contributed by atoms with E-state index in [9.17, 15) is 9.90 Å². The largest absolute Gasteiger partial charge is 0.389 e. The van der Waals surface area contributed by atoms with Gasteiger partial charge in [0, 0.05) is 30.6 Å². The summed E-state index contributed by atoms with van der Waals surface area (Å²) in [5.41, 5.74) is 2.78. The Morgan fingerprint density at radius 1 is 1.39 bits per heavy atom. The fraction of sp³-hybridized carbons (Fsp3) is 0.565. The van der Waals surface area contributed by atoms with Crippen molar-refractivity contribution in [2.45, 2.75) is 70.9 Å². The number of aromatic amines is 1. The van der Waals surface area contributed by atoms with Gasteiger partial charge in [0.05, 0.1) is 29.8 Å². The predicted molar refractivity (Wildman–Crippen MR) is 118 cm³/mol. The number of fused-ring (bicyclic) bond motifs is 3. The van der Waals surface area contributed by atoms with E-state index in [0.717, 1.165) is 59.1 Å². The summed E-state index contributed by atoms with van der Waals surface area (Å²) in [6.07, 6.45) is 8.40. The van der Waals surface area contributed by atoms with Gasteiger partial charge in [0.25, 0.3) is 0 Å². The number of rotatable bonds is 6. The number of hydrogen-bond acceptors (Lipinski definition) is 5. The molecule has 0 atom stereocenters. The highest BCUT2D eigenvalue weighted by atomic mass is 16.3. The first kappa shape index (κ1) is 21.3. The average molecular weight is 423 g/mol. The normalized spacial score (nSPS) is 19.6. The van der Waals surface area contributed by atoms with Crippen molar-refractivity contribution in [3.8, 4) is 6.07 Å². The molecule has 31 heavy (non-hydrogen) atoms. The maximum atomic E-state index is 12.7. The van der Waals surface area contributed by atoms with Crippen LogP contribution in [0.5, 0.6) is 0 Å². The monoisotopic (exact) mass is 422 g/mol. The number of amides is 1. The molecule has 0 spiro atoms. The summed E-state index contributed by atoms with van der Waals surface area (Å²) in [7, 11) is 0. The van der Waals surface area contributed by atoms with Crippen molar-refractivity contribution < 1.29 is 9.90 Å². The Kier molecular flexibility index (Phi) is 5.71. The van der Waals surface area contributed by atoms with Crippen LogP contribution in [0.15, 0.2) is 12.4 Å². The summed E-state index contributed by atoms with van der Waals surface area (Å²) in [6.45, 7) is 5.57. The number of carbonyl (C=O) groups is 1. The van der Waals surface area contributed by atoms with Gasteiger partial charge in [-0.1, -0.05) is 0 Å². The molecule has 1 aliphatic rings. The van der Waals surface area contributed by atoms with Crippen molar-refractivity contribution in [2.24, 2.45) is 5.92 Å². The number of aryl methyl sites for hydroxylation is 1. The second-order valence-electron chi connectivity index (χ2n) is 9.39. The summed E-state index contributed by atoms with van der Waals surface area (Å²) in [5, 5.41) is 22.8. The molecule has 0 saturated heterocycles. The van der Waals surface area contributed by atoms with Crippen LogP contribution in [0.3, 0.4) is 0 Å². The molecule has 1 aliphatic carbocycles. The van der Waals surface area contributed by atoms with Gasteiger partial charge in [0.15, 0.2) is 0 Å². The van der Waals surface area contributed by atoms with Crippen LogP contribution >= 0.6 is 0 Å². The van der Waals surface area contributed by atoms with E-state index in [-0.39, 0.29) is 24.9 Å². The third kappa shape index (κ3) is 4.42. The number of H-pyrrole nitrogens is 1. The molecule has 4 rings (SSSR count). The molecule has 0 radical (unpaired) electrons. The molecule has 3 aromatic heterocycles. The van der Waals surface area contributed by atoms with E-state index in [4.69, 9.17) is 10.2 Å². The van der Waals surface area contributed by atoms with E-state index in [2.05, 4.69) is 32.8 Å². The fourth-order valence-electron chi connectivity index (χ4n) is 4.65. The molecule has 8 nitrogen and oxygen atoms in total. The first-order valence-corrected chi connectivity index (χ1v) is 11.0. The van der Waals surface area contributed by atoms with Crippen LogP contribution in [0.25, 0.3) is 22.1 Å². The van der Waals surface area contributed by atoms with Crippen LogP contribution < -0.4 is 5.32 Å². The van der Waals surface area contributed by atoms with Crippen LogP contribution in [0.1, 0.15) is 63.4 Å². The summed E-state index contributed by atoms with van der Waals surface area (Å²) >= 11 is 0. The first-order chi connectivity index (χ1) is 14.8. The Morgan fingerprint density at radius 2 is 2.13 bits per heavy atom. The quantitative estimate of drug-likeness (QED) is 0.563. The Labute approximate surface area is 181 Å². The smallest absolute Gasteiger partial charge is 0.227 e. The molecular weight excluding hydrogens is 392 g/mol. The summed E-state index contributed by atoms with van der Waals surface area (Å²) in [4.78, 5) is 25.2. The highest BCUT2D eigenvalue weighted by Crippen LogP contribution is 2.38. The minimum absolute atomic E-state index is 0.147. The topological polar surface area (TPSA) is 120 Å². The molecule has 1 amide bonds. The lowest BCUT2D eigenvalue weighted by Gasteiger charge is -2.30. The molecule has 164 valence electrons. The van der Waals surface area contributed by atoms with Gasteiger partial charge in [-0.3, -0.25) is 4.79 Å². The average Bonchev–Trinajstić information content (AvgIpc) is 3.27. The van der Waals surface area contributed by atoms with E-state index in [1.807, 2.05) is 6.20 Å². The Morgan fingerprint density at radius 3 is 2.81 bits per heavy atom. The van der Waals surface area contributed by atoms with Gasteiger partial charge in [0.1, 0.15) is 17.0 Å². The van der Waals surface area contributed by atoms with Gasteiger partial charge in [-0.25, -0.2) is 9.97 Å². The highest BCUT2D eigenvalue weighted by Gasteiger charge is 2.28. The van der Waals surface area contributed by atoms with Crippen LogP contribution in [0, 0.1) is 24.2 Å². The third-order valence-corrected chi connectivity index (χ3v) is 6.22. The zero-order chi connectivity index (χ0) is 22.2. The maximum Gasteiger partial charge on any atom is 0.227 e. The number of nitrogens with zero attached hydrogens (tertiary/aromatic N) is 4. The molecule has 1 saturated carbocycles. The zero-order valence-electron chi connectivity index (χ0n) is 18.4. The molecule has 0 bridgehead atoms. The second-order valence-corrected chi connectivity index (χ2v) is 9.39. The van der Waals surface area contributed by atoms with Crippen LogP contribution in [-0.2, 0) is 11.2 Å². The van der Waals surface area contributed by atoms with Crippen molar-refractivity contribution >= 4 is 28.0 Å². The van der Waals surface area contributed by atoms with Crippen LogP contribution in [-0.4, -0.2) is 42.7 Å². The molecule has 8 heteroatoms. The number of carbonyl (C=O) groups excluding carboxylic acids is 1. The van der Waals surface area contributed by atoms with E-state index in [1.54, 1.807) is 20.0 Å². The van der Waals surface area contributed by atoms with Gasteiger partial charge in [-0.15, -0.1) is 0 Å². The van der Waals surface area contributed by atoms with Gasteiger partial charge in [0.2, 0.25) is 5.91 Å². The lowest BCUT2D eigenvalue weighted by atomic mass is 9.84. The molecule has 1 fully saturated rings. The van der Waals surface area contributed by atoms with E-state index in [1.165, 1.54) is 0 Å². The van der Waals surface area contributed by atoms with Crippen molar-refractivity contribution in [1.82, 2.24) is 24.8 Å². The summed E-state index contributed by atoms with van der Waals surface area (Å²) in [6, 6.07) is 2.54. The van der Waals surface area contributed by atoms with Crippen molar-refractivity contribution in [2.75, 3.05) is 6.54 Å². The standard InChI is InChI=1S/C23H30N6O2/c1-14-11-25-22-20(14)21-17(12-26-22)28-18(10-19(30)27-13-23(2,3)31)29(21)16-6-4-15(5-7-16)8-9-24/h11-12,15-16,31H,4-8,10,13H2,1-3H3,(H,25,26)(H,27,30)/t15-,16-. The third-order valence-electron chi connectivity index (χ3n) is 6.22. The number of hydrogen-bond donors (Lipinski definition) is 3. The van der Waals surface area contributed by atoms with Crippen molar-refractivity contribution in [1.29, 1.82) is 5.26 Å². The molecule has 0 unspecified atom stereocenters. The number of aromatic nitrogens is 4. The minimum Gasteiger partial charge on any atom is -0.389 e. The van der Waals surface area contributed by atoms with E-state index >= 15 is 0 Å². The first-order valence-electron chi connectivity index (χ1n) is 11.0. The zero-order valence-corrected chi connectivity index (χ0v) is 18.4. The Hall–Kier alpha value is -2.92. The number of nitriles is 1. The number of imidazole rings is 1. The molecular formula is C23H30N6O2. The van der Waals surface area contributed by atoms with E-state index < -0.39 is 5.60 Å². The van der Waals surface area contributed by atoms with Gasteiger partial charge in [-0.05, 0) is 57.9 Å². The lowest BCUT2D eigenvalue weighted by molar-refractivity contribution is -0.121. The molecule has 0 aromatic carbocycles. The molecule has 3 heterocycles. The van der Waals surface area contributed by atoms with Crippen LogP contribution in [0.2, 0.25) is 0 Å². The second kappa shape index (κ2) is 8.31. The summed E-state index contributed by atoms with van der Waals surface area (Å²) < 4.78 is 2.24. The molecule has 3 N–H and O–H groups in total. The van der Waals surface area contributed by atoms with Gasteiger partial charge >= 0.3 is 0 Å². The predicted octanol–water partition coefficient (Wildman–Crippen LogP) is 3.30. The van der Waals surface area contributed by atoms with Crippen molar-refractivity contribution in [3.63, 3.8) is 0 Å². The number of aliphatic hydroxyl groups is 1.